The zero-order chi connectivity index (χ0) is 33.8. The molecule has 1 aliphatic rings. The lowest BCUT2D eigenvalue weighted by Crippen LogP contribution is -2.36. The van der Waals surface area contributed by atoms with E-state index in [1.807, 2.05) is 24.3 Å². The van der Waals surface area contributed by atoms with Crippen LogP contribution in [0, 0.1) is 0 Å². The van der Waals surface area contributed by atoms with E-state index in [2.05, 4.69) is 18.0 Å². The molecule has 0 amide bonds. The lowest BCUT2D eigenvalue weighted by molar-refractivity contribution is -0.284. The molecule has 0 aliphatic heterocycles. The Morgan fingerprint density at radius 2 is 1.39 bits per heavy atom. The van der Waals surface area contributed by atoms with Crippen molar-refractivity contribution in [3.63, 3.8) is 0 Å². The molecule has 0 heterocycles. The molecule has 5 nitrogen and oxygen atoms in total. The van der Waals surface area contributed by atoms with Crippen molar-refractivity contribution in [2.75, 3.05) is 31.6 Å². The van der Waals surface area contributed by atoms with Gasteiger partial charge >= 0.3 is 12.1 Å². The molecule has 3 rings (SSSR count). The first-order valence-electron chi connectivity index (χ1n) is 16.4. The Hall–Kier alpha value is -2.66. The summed E-state index contributed by atoms with van der Waals surface area (Å²) in [5.41, 5.74) is 5.97. The van der Waals surface area contributed by atoms with Crippen LogP contribution in [0.2, 0.25) is 0 Å². The number of hydrogen-bond donors (Lipinski definition) is 2. The lowest BCUT2D eigenvalue weighted by atomic mass is 9.89. The van der Waals surface area contributed by atoms with Crippen LogP contribution in [0.4, 0.5) is 22.0 Å². The summed E-state index contributed by atoms with van der Waals surface area (Å²) in [6.07, 6.45) is 2.87. The third-order valence-electron chi connectivity index (χ3n) is 8.67. The van der Waals surface area contributed by atoms with Crippen LogP contribution in [0.1, 0.15) is 100 Å². The van der Waals surface area contributed by atoms with Crippen molar-refractivity contribution in [2.45, 2.75) is 102 Å². The Labute approximate surface area is 270 Å². The second kappa shape index (κ2) is 17.5. The largest absolute Gasteiger partial charge is 0.508 e. The van der Waals surface area contributed by atoms with Crippen LogP contribution < -0.4 is 0 Å². The number of hydrogen-bond acceptors (Lipinski definition) is 5. The molecule has 0 aromatic heterocycles. The molecule has 0 radical (unpaired) electrons. The summed E-state index contributed by atoms with van der Waals surface area (Å²) in [5.74, 6) is -5.18. The van der Waals surface area contributed by atoms with Gasteiger partial charge in [-0.2, -0.15) is 22.0 Å². The molecule has 0 unspecified atom stereocenters. The predicted molar refractivity (Wildman–Crippen MR) is 174 cm³/mol. The van der Waals surface area contributed by atoms with Crippen LogP contribution in [0.3, 0.4) is 0 Å². The molecule has 0 saturated heterocycles. The summed E-state index contributed by atoms with van der Waals surface area (Å²) in [4.78, 5) is 2.26. The van der Waals surface area contributed by atoms with Gasteiger partial charge < -0.3 is 15.1 Å². The maximum atomic E-state index is 13.0. The molecule has 1 aliphatic carbocycles. The van der Waals surface area contributed by atoms with Crippen molar-refractivity contribution in [3.8, 4) is 11.5 Å². The number of nitrogens with zero attached hydrogens (tertiary/aromatic N) is 1. The predicted octanol–water partition coefficient (Wildman–Crippen LogP) is 9.18. The maximum Gasteiger partial charge on any atom is 0.453 e. The minimum Gasteiger partial charge on any atom is -0.508 e. The van der Waals surface area contributed by atoms with Gasteiger partial charge in [-0.25, -0.2) is 8.42 Å². The summed E-state index contributed by atoms with van der Waals surface area (Å²) in [6, 6.07) is 13.1. The van der Waals surface area contributed by atoms with Crippen LogP contribution in [-0.4, -0.2) is 67.3 Å². The molecule has 2 aromatic carbocycles. The number of benzene rings is 2. The molecule has 0 atom stereocenters. The number of unbranched alkanes of at least 4 members (excludes halogenated alkanes) is 6. The monoisotopic (exact) mass is 673 g/mol. The molecule has 46 heavy (non-hydrogen) atoms. The first-order valence-corrected chi connectivity index (χ1v) is 18.2. The topological polar surface area (TPSA) is 77.8 Å². The van der Waals surface area contributed by atoms with Crippen LogP contribution >= 0.6 is 0 Å². The van der Waals surface area contributed by atoms with E-state index in [4.69, 9.17) is 0 Å². The number of fused-ring (bicyclic) bond motifs is 1. The van der Waals surface area contributed by atoms with E-state index >= 15 is 0 Å². The number of halogens is 5. The van der Waals surface area contributed by atoms with Crippen LogP contribution in [0.25, 0.3) is 11.1 Å². The number of sulfone groups is 1. The second-order valence-corrected chi connectivity index (χ2v) is 14.8. The number of rotatable bonds is 19. The smallest absolute Gasteiger partial charge is 0.453 e. The van der Waals surface area contributed by atoms with Crippen LogP contribution in [0.5, 0.6) is 11.5 Å². The summed E-state index contributed by atoms with van der Waals surface area (Å²) >= 11 is 0. The standard InChI is InChI=1S/C35H48F5NO4S/c1-41(22-8-4-5-9-23-46(44,45)24-12-20-34(36,37)35(38,39)40)21-7-3-2-6-16-33-31(27-13-10-15-29(42)25-27)17-11-14-28-26-30(43)18-19-32(28)33/h10,13,15,18-19,25-26,42-43H,2-9,11-12,14,16-17,20-24H2,1H3. The SMILES string of the molecule is CN(CCCCCCC1=C(c2cccc(O)c2)CCCc2cc(O)ccc21)CCCCCCS(=O)(=O)CCCC(F)(F)C(F)(F)F. The number of allylic oxidation sites excluding steroid dienone is 2. The van der Waals surface area contributed by atoms with Crippen molar-refractivity contribution in [2.24, 2.45) is 0 Å². The van der Waals surface area contributed by atoms with E-state index in [1.165, 1.54) is 22.3 Å². The Kier molecular flexibility index (Phi) is 14.4. The molecule has 0 spiro atoms. The third kappa shape index (κ3) is 12.2. The molecule has 11 heteroatoms. The Morgan fingerprint density at radius 1 is 0.761 bits per heavy atom. The van der Waals surface area contributed by atoms with Gasteiger partial charge in [0.2, 0.25) is 0 Å². The number of phenols is 2. The molecule has 2 N–H and O–H groups in total. The highest BCUT2D eigenvalue weighted by molar-refractivity contribution is 7.91. The molecule has 258 valence electrons. The van der Waals surface area contributed by atoms with Gasteiger partial charge in [0.05, 0.1) is 11.5 Å². The number of aromatic hydroxyl groups is 2. The molecular weight excluding hydrogens is 625 g/mol. The quantitative estimate of drug-likeness (QED) is 0.115. The molecule has 2 aromatic rings. The van der Waals surface area contributed by atoms with Gasteiger partial charge in [-0.05, 0) is 130 Å². The van der Waals surface area contributed by atoms with Crippen LogP contribution in [-0.2, 0) is 16.3 Å². The average Bonchev–Trinajstić information content (AvgIpc) is 3.14. The number of phenolic OH excluding ortho intramolecular Hbond substituents is 2. The Bertz CT molecular complexity index is 1390. The average molecular weight is 674 g/mol. The number of aryl methyl sites for hydroxylation is 1. The van der Waals surface area contributed by atoms with Crippen LogP contribution in [0.15, 0.2) is 42.5 Å². The fourth-order valence-corrected chi connectivity index (χ4v) is 7.54. The Balaban J connectivity index is 1.33. The normalized spacial score (nSPS) is 14.5. The summed E-state index contributed by atoms with van der Waals surface area (Å²) < 4.78 is 86.7. The van der Waals surface area contributed by atoms with Gasteiger partial charge in [-0.1, -0.05) is 43.9 Å². The van der Waals surface area contributed by atoms with Crippen molar-refractivity contribution in [1.29, 1.82) is 0 Å². The zero-order valence-corrected chi connectivity index (χ0v) is 27.5. The summed E-state index contributed by atoms with van der Waals surface area (Å²) in [6.45, 7) is 1.83. The molecule has 0 saturated carbocycles. The lowest BCUT2D eigenvalue weighted by Gasteiger charge is -2.19. The van der Waals surface area contributed by atoms with Gasteiger partial charge in [0.25, 0.3) is 0 Å². The fraction of sp³-hybridized carbons (Fsp3) is 0.600. The van der Waals surface area contributed by atoms with Gasteiger partial charge in [0.15, 0.2) is 0 Å². The van der Waals surface area contributed by atoms with Crippen molar-refractivity contribution < 1.29 is 40.6 Å². The highest BCUT2D eigenvalue weighted by Gasteiger charge is 2.56. The molecule has 0 fully saturated rings. The van der Waals surface area contributed by atoms with Crippen molar-refractivity contribution >= 4 is 21.0 Å². The summed E-state index contributed by atoms with van der Waals surface area (Å²) in [7, 11) is -1.59. The van der Waals surface area contributed by atoms with E-state index in [1.54, 1.807) is 12.1 Å². The van der Waals surface area contributed by atoms with Crippen molar-refractivity contribution in [1.82, 2.24) is 4.90 Å². The van der Waals surface area contributed by atoms with E-state index in [0.717, 1.165) is 82.9 Å². The van der Waals surface area contributed by atoms with Gasteiger partial charge in [-0.15, -0.1) is 0 Å². The highest BCUT2D eigenvalue weighted by Crippen LogP contribution is 2.41. The zero-order valence-electron chi connectivity index (χ0n) is 26.7. The minimum absolute atomic E-state index is 0.194. The maximum absolute atomic E-state index is 13.0. The Morgan fingerprint density at radius 3 is 2.07 bits per heavy atom. The summed E-state index contributed by atoms with van der Waals surface area (Å²) in [5, 5.41) is 20.2. The fourth-order valence-electron chi connectivity index (χ4n) is 6.11. The highest BCUT2D eigenvalue weighted by atomic mass is 32.2. The van der Waals surface area contributed by atoms with Crippen molar-refractivity contribution in [3.05, 3.63) is 59.2 Å². The van der Waals surface area contributed by atoms with E-state index in [0.29, 0.717) is 12.8 Å². The van der Waals surface area contributed by atoms with Gasteiger partial charge in [0, 0.05) is 6.42 Å². The van der Waals surface area contributed by atoms with E-state index in [9.17, 15) is 40.6 Å². The molecule has 0 bridgehead atoms. The number of alkyl halides is 5. The third-order valence-corrected chi connectivity index (χ3v) is 10.5. The molecular formula is C35H48F5NO4S. The minimum atomic E-state index is -5.66. The van der Waals surface area contributed by atoms with E-state index in [-0.39, 0.29) is 17.3 Å². The second-order valence-electron chi connectivity index (χ2n) is 12.5. The van der Waals surface area contributed by atoms with E-state index < -0.39 is 40.5 Å². The van der Waals surface area contributed by atoms with Gasteiger partial charge in [0.1, 0.15) is 21.3 Å². The first-order chi connectivity index (χ1) is 21.7. The van der Waals surface area contributed by atoms with Gasteiger partial charge in [-0.3, -0.25) is 0 Å². The first kappa shape index (κ1) is 37.8.